The fourth-order valence-electron chi connectivity index (χ4n) is 3.63. The maximum atomic E-state index is 12.5. The Balaban J connectivity index is 1.41. The number of nitrogens with one attached hydrogen (secondary N) is 1. The van der Waals surface area contributed by atoms with Crippen LogP contribution in [0.1, 0.15) is 25.0 Å². The van der Waals surface area contributed by atoms with Gasteiger partial charge in [-0.1, -0.05) is 17.7 Å². The van der Waals surface area contributed by atoms with E-state index in [1.807, 2.05) is 25.1 Å². The van der Waals surface area contributed by atoms with Gasteiger partial charge in [0.2, 0.25) is 6.79 Å². The molecular formula is C24H20ClN3O6. The molecule has 2 aromatic rings. The molecule has 0 spiro atoms. The summed E-state index contributed by atoms with van der Waals surface area (Å²) in [5, 5.41) is 9.88. The number of aliphatic imine (C=N–C) groups is 1. The van der Waals surface area contributed by atoms with Crippen LogP contribution in [0, 0.1) is 5.41 Å². The second-order valence-electron chi connectivity index (χ2n) is 7.56. The Labute approximate surface area is 200 Å². The zero-order chi connectivity index (χ0) is 23.8. The monoisotopic (exact) mass is 481 g/mol. The minimum Gasteiger partial charge on any atom is -0.490 e. The number of carbonyl (C=O) groups is 1. The minimum atomic E-state index is -0.539. The molecule has 2 aromatic carbocycles. The number of benzene rings is 2. The molecule has 1 amide bonds. The van der Waals surface area contributed by atoms with E-state index in [-0.39, 0.29) is 30.6 Å². The molecule has 0 radical (unpaired) electrons. The smallest absolute Gasteiger partial charge is 0.282 e. The number of nitrogens with zero attached hydrogens (tertiary/aromatic N) is 2. The molecule has 3 aliphatic rings. The van der Waals surface area contributed by atoms with Gasteiger partial charge >= 0.3 is 0 Å². The van der Waals surface area contributed by atoms with Crippen molar-refractivity contribution < 1.29 is 28.6 Å². The molecule has 0 aromatic heterocycles. The van der Waals surface area contributed by atoms with Crippen LogP contribution in [0.3, 0.4) is 0 Å². The Morgan fingerprint density at radius 2 is 2.03 bits per heavy atom. The summed E-state index contributed by atoms with van der Waals surface area (Å²) < 4.78 is 22.5. The average Bonchev–Trinajstić information content (AvgIpc) is 3.42. The van der Waals surface area contributed by atoms with Gasteiger partial charge in [-0.05, 0) is 55.3 Å². The normalized spacial score (nSPS) is 17.4. The lowest BCUT2D eigenvalue weighted by Gasteiger charge is -2.23. The van der Waals surface area contributed by atoms with Crippen LogP contribution in [0.15, 0.2) is 52.7 Å². The van der Waals surface area contributed by atoms with Crippen LogP contribution in [-0.4, -0.2) is 36.0 Å². The van der Waals surface area contributed by atoms with Crippen molar-refractivity contribution in [2.45, 2.75) is 20.5 Å². The molecule has 9 nitrogen and oxygen atoms in total. The summed E-state index contributed by atoms with van der Waals surface area (Å²) in [6.07, 6.45) is 3.12. The van der Waals surface area contributed by atoms with Crippen molar-refractivity contribution >= 4 is 35.3 Å². The number of rotatable bonds is 6. The maximum absolute atomic E-state index is 12.5. The highest BCUT2D eigenvalue weighted by Crippen LogP contribution is 2.39. The van der Waals surface area contributed by atoms with Crippen molar-refractivity contribution in [1.29, 1.82) is 5.41 Å². The number of amides is 1. The van der Waals surface area contributed by atoms with E-state index >= 15 is 0 Å². The van der Waals surface area contributed by atoms with E-state index in [1.54, 1.807) is 25.1 Å². The molecule has 0 unspecified atom stereocenters. The molecule has 34 heavy (non-hydrogen) atoms. The lowest BCUT2D eigenvalue weighted by atomic mass is 10.1. The number of fused-ring (bicyclic) bond motifs is 2. The lowest BCUT2D eigenvalue weighted by molar-refractivity contribution is -0.114. The van der Waals surface area contributed by atoms with E-state index in [1.165, 1.54) is 11.1 Å². The Morgan fingerprint density at radius 1 is 1.21 bits per heavy atom. The van der Waals surface area contributed by atoms with Crippen molar-refractivity contribution in [2.75, 3.05) is 13.4 Å². The van der Waals surface area contributed by atoms with Crippen LogP contribution in [0.5, 0.6) is 23.0 Å². The van der Waals surface area contributed by atoms with E-state index in [2.05, 4.69) is 4.99 Å². The van der Waals surface area contributed by atoms with E-state index in [0.717, 1.165) is 5.56 Å². The molecule has 0 atom stereocenters. The molecule has 10 heteroatoms. The van der Waals surface area contributed by atoms with E-state index in [9.17, 15) is 4.79 Å². The predicted molar refractivity (Wildman–Crippen MR) is 124 cm³/mol. The first-order valence-electron chi connectivity index (χ1n) is 10.5. The van der Waals surface area contributed by atoms with E-state index in [4.69, 9.17) is 40.8 Å². The van der Waals surface area contributed by atoms with E-state index in [0.29, 0.717) is 46.0 Å². The van der Waals surface area contributed by atoms with Gasteiger partial charge in [0.15, 0.2) is 34.7 Å². The van der Waals surface area contributed by atoms with Crippen LogP contribution in [0.25, 0.3) is 6.08 Å². The van der Waals surface area contributed by atoms with Gasteiger partial charge in [0.25, 0.3) is 5.91 Å². The molecule has 0 saturated heterocycles. The molecule has 3 heterocycles. The first kappa shape index (κ1) is 21.8. The van der Waals surface area contributed by atoms with Gasteiger partial charge in [0.1, 0.15) is 12.4 Å². The van der Waals surface area contributed by atoms with Crippen molar-refractivity contribution in [3.05, 3.63) is 63.9 Å². The van der Waals surface area contributed by atoms with Crippen LogP contribution in [0.2, 0.25) is 5.02 Å². The Kier molecular flexibility index (Phi) is 5.62. The molecule has 0 aliphatic carbocycles. The van der Waals surface area contributed by atoms with Gasteiger partial charge in [-0.25, -0.2) is 0 Å². The van der Waals surface area contributed by atoms with Crippen molar-refractivity contribution in [3.63, 3.8) is 0 Å². The topological polar surface area (TPSA) is 103 Å². The quantitative estimate of drug-likeness (QED) is 0.606. The summed E-state index contributed by atoms with van der Waals surface area (Å²) in [7, 11) is 0. The number of hydrogen-bond acceptors (Lipinski definition) is 7. The number of ether oxygens (including phenoxy) is 4. The SMILES string of the molecule is CCOc1cc(/C=C2\C(=N)N3OC(C)=CC3=NC2=O)cc(Cl)c1OCc1ccc2c(c1)OCO2. The zero-order valence-electron chi connectivity index (χ0n) is 18.4. The third kappa shape index (κ3) is 4.06. The first-order valence-corrected chi connectivity index (χ1v) is 10.9. The third-order valence-electron chi connectivity index (χ3n) is 5.14. The Bertz CT molecular complexity index is 1300. The van der Waals surface area contributed by atoms with Gasteiger partial charge in [-0.3, -0.25) is 10.2 Å². The molecule has 0 bridgehead atoms. The highest BCUT2D eigenvalue weighted by molar-refractivity contribution is 6.33. The van der Waals surface area contributed by atoms with Crippen LogP contribution in [-0.2, 0) is 16.2 Å². The predicted octanol–water partition coefficient (Wildman–Crippen LogP) is 4.50. The highest BCUT2D eigenvalue weighted by Gasteiger charge is 2.34. The number of hydrogen-bond donors (Lipinski definition) is 1. The van der Waals surface area contributed by atoms with Gasteiger partial charge < -0.3 is 23.8 Å². The molecule has 3 aliphatic heterocycles. The standard InChI is InChI=1S/C24H20ClN3O6/c1-3-30-20-10-15(7-16-23(26)28-21(27-24(16)29)6-13(2)34-28)8-17(25)22(20)31-11-14-4-5-18-19(9-14)33-12-32-18/h4-10,26H,3,11-12H2,1-2H3/b16-7+,26-23?. The summed E-state index contributed by atoms with van der Waals surface area (Å²) in [4.78, 5) is 22.0. The number of hydroxylamine groups is 2. The molecule has 1 N–H and O–H groups in total. The molecule has 5 rings (SSSR count). The minimum absolute atomic E-state index is 0.0689. The van der Waals surface area contributed by atoms with Gasteiger partial charge in [0.05, 0.1) is 17.2 Å². The largest absolute Gasteiger partial charge is 0.490 e. The third-order valence-corrected chi connectivity index (χ3v) is 5.42. The molecule has 0 fully saturated rings. The number of amidine groups is 2. The summed E-state index contributed by atoms with van der Waals surface area (Å²) >= 11 is 6.54. The average molecular weight is 482 g/mol. The maximum Gasteiger partial charge on any atom is 0.282 e. The number of carbonyl (C=O) groups excluding carboxylic acids is 1. The van der Waals surface area contributed by atoms with Crippen LogP contribution < -0.4 is 18.9 Å². The van der Waals surface area contributed by atoms with E-state index < -0.39 is 5.91 Å². The Morgan fingerprint density at radius 3 is 2.85 bits per heavy atom. The number of halogens is 1. The Hall–Kier alpha value is -3.98. The summed E-state index contributed by atoms with van der Waals surface area (Å²) in [6.45, 7) is 4.38. The molecular weight excluding hydrogens is 462 g/mol. The van der Waals surface area contributed by atoms with Gasteiger partial charge in [-0.15, -0.1) is 5.06 Å². The van der Waals surface area contributed by atoms with Gasteiger partial charge in [0, 0.05) is 6.08 Å². The molecule has 0 saturated carbocycles. The highest BCUT2D eigenvalue weighted by atomic mass is 35.5. The van der Waals surface area contributed by atoms with Crippen LogP contribution in [0.4, 0.5) is 0 Å². The fraction of sp³-hybridized carbons (Fsp3) is 0.208. The second-order valence-corrected chi connectivity index (χ2v) is 7.97. The van der Waals surface area contributed by atoms with Gasteiger partial charge in [-0.2, -0.15) is 4.99 Å². The fourth-order valence-corrected chi connectivity index (χ4v) is 3.90. The van der Waals surface area contributed by atoms with Crippen molar-refractivity contribution in [3.8, 4) is 23.0 Å². The second kappa shape index (κ2) is 8.75. The van der Waals surface area contributed by atoms with Crippen molar-refractivity contribution in [2.24, 2.45) is 4.99 Å². The lowest BCUT2D eigenvalue weighted by Crippen LogP contribution is -2.38. The summed E-state index contributed by atoms with van der Waals surface area (Å²) in [5.74, 6) is 2.32. The summed E-state index contributed by atoms with van der Waals surface area (Å²) in [6, 6.07) is 8.90. The van der Waals surface area contributed by atoms with Crippen LogP contribution >= 0.6 is 11.6 Å². The zero-order valence-corrected chi connectivity index (χ0v) is 19.1. The number of allylic oxidation sites excluding steroid dienone is 1. The first-order chi connectivity index (χ1) is 16.4. The molecule has 174 valence electrons. The summed E-state index contributed by atoms with van der Waals surface area (Å²) in [5.41, 5.74) is 1.50. The van der Waals surface area contributed by atoms with Crippen molar-refractivity contribution in [1.82, 2.24) is 5.06 Å².